The van der Waals surface area contributed by atoms with Gasteiger partial charge in [-0.2, -0.15) is 0 Å². The zero-order valence-corrected chi connectivity index (χ0v) is 13.7. The molecule has 1 aromatic rings. The SMILES string of the molecule is CCS(=O)(=O)CC(C)NC(CN(C)C)c1ccccc1. The van der Waals surface area contributed by atoms with Gasteiger partial charge in [0.2, 0.25) is 0 Å². The summed E-state index contributed by atoms with van der Waals surface area (Å²) in [6, 6.07) is 10.2. The van der Waals surface area contributed by atoms with Crippen LogP contribution < -0.4 is 5.32 Å². The van der Waals surface area contributed by atoms with Crippen LogP contribution in [0.4, 0.5) is 0 Å². The maximum Gasteiger partial charge on any atom is 0.151 e. The molecule has 0 aliphatic rings. The van der Waals surface area contributed by atoms with Crippen LogP contribution in [0.1, 0.15) is 25.5 Å². The van der Waals surface area contributed by atoms with Crippen molar-refractivity contribution in [3.05, 3.63) is 35.9 Å². The van der Waals surface area contributed by atoms with Crippen molar-refractivity contribution in [3.8, 4) is 0 Å². The van der Waals surface area contributed by atoms with E-state index in [9.17, 15) is 8.42 Å². The normalized spacial score (nSPS) is 15.2. The van der Waals surface area contributed by atoms with Gasteiger partial charge in [0.25, 0.3) is 0 Å². The Morgan fingerprint density at radius 3 is 2.30 bits per heavy atom. The maximum absolute atomic E-state index is 11.7. The smallest absolute Gasteiger partial charge is 0.151 e. The van der Waals surface area contributed by atoms with Crippen LogP contribution in [-0.2, 0) is 9.84 Å². The highest BCUT2D eigenvalue weighted by molar-refractivity contribution is 7.91. The number of hydrogen-bond acceptors (Lipinski definition) is 4. The second-order valence-corrected chi connectivity index (χ2v) is 7.89. The first-order valence-electron chi connectivity index (χ1n) is 7.00. The van der Waals surface area contributed by atoms with Crippen molar-refractivity contribution in [1.82, 2.24) is 10.2 Å². The van der Waals surface area contributed by atoms with E-state index in [2.05, 4.69) is 22.3 Å². The molecule has 1 N–H and O–H groups in total. The Balaban J connectivity index is 2.75. The third-order valence-electron chi connectivity index (χ3n) is 3.18. The van der Waals surface area contributed by atoms with Crippen molar-refractivity contribution in [2.24, 2.45) is 0 Å². The Labute approximate surface area is 123 Å². The summed E-state index contributed by atoms with van der Waals surface area (Å²) in [4.78, 5) is 2.10. The van der Waals surface area contributed by atoms with Crippen molar-refractivity contribution in [2.75, 3.05) is 32.1 Å². The summed E-state index contributed by atoms with van der Waals surface area (Å²) in [5, 5.41) is 3.43. The van der Waals surface area contributed by atoms with Gasteiger partial charge in [-0.05, 0) is 26.6 Å². The molecule has 0 fully saturated rings. The number of benzene rings is 1. The van der Waals surface area contributed by atoms with Gasteiger partial charge in [-0.25, -0.2) is 8.42 Å². The van der Waals surface area contributed by atoms with E-state index in [1.807, 2.05) is 39.2 Å². The van der Waals surface area contributed by atoms with Gasteiger partial charge in [0.1, 0.15) is 0 Å². The monoisotopic (exact) mass is 298 g/mol. The summed E-state index contributed by atoms with van der Waals surface area (Å²) in [7, 11) is 1.09. The average Bonchev–Trinajstić information content (AvgIpc) is 2.38. The van der Waals surface area contributed by atoms with E-state index in [4.69, 9.17) is 0 Å². The highest BCUT2D eigenvalue weighted by atomic mass is 32.2. The molecule has 0 aromatic heterocycles. The molecule has 0 amide bonds. The minimum atomic E-state index is -2.95. The lowest BCUT2D eigenvalue weighted by molar-refractivity contribution is 0.329. The van der Waals surface area contributed by atoms with Gasteiger partial charge in [0.05, 0.1) is 5.75 Å². The number of sulfone groups is 1. The van der Waals surface area contributed by atoms with Gasteiger partial charge in [-0.15, -0.1) is 0 Å². The Kier molecular flexibility index (Phi) is 6.65. The van der Waals surface area contributed by atoms with E-state index >= 15 is 0 Å². The summed E-state index contributed by atoms with van der Waals surface area (Å²) in [6.45, 7) is 4.45. The van der Waals surface area contributed by atoms with Crippen molar-refractivity contribution in [3.63, 3.8) is 0 Å². The Morgan fingerprint density at radius 2 is 1.80 bits per heavy atom. The van der Waals surface area contributed by atoms with Crippen LogP contribution in [0, 0.1) is 0 Å². The Bertz CT molecular complexity index is 486. The van der Waals surface area contributed by atoms with Crippen LogP contribution in [0.3, 0.4) is 0 Å². The predicted octanol–water partition coefficient (Wildman–Crippen LogP) is 1.70. The van der Waals surface area contributed by atoms with Gasteiger partial charge in [-0.1, -0.05) is 37.3 Å². The molecule has 0 radical (unpaired) electrons. The number of likely N-dealkylation sites (N-methyl/N-ethyl adjacent to an activating group) is 1. The highest BCUT2D eigenvalue weighted by Gasteiger charge is 2.19. The molecule has 20 heavy (non-hydrogen) atoms. The molecule has 0 heterocycles. The Morgan fingerprint density at radius 1 is 1.20 bits per heavy atom. The molecular weight excluding hydrogens is 272 g/mol. The van der Waals surface area contributed by atoms with Crippen LogP contribution in [0.5, 0.6) is 0 Å². The van der Waals surface area contributed by atoms with Crippen LogP contribution >= 0.6 is 0 Å². The fourth-order valence-corrected chi connectivity index (χ4v) is 3.29. The summed E-state index contributed by atoms with van der Waals surface area (Å²) in [5.74, 6) is 0.378. The molecule has 2 atom stereocenters. The van der Waals surface area contributed by atoms with E-state index in [1.54, 1.807) is 6.92 Å². The fraction of sp³-hybridized carbons (Fsp3) is 0.600. The van der Waals surface area contributed by atoms with E-state index in [-0.39, 0.29) is 23.6 Å². The third-order valence-corrected chi connectivity index (χ3v) is 5.07. The van der Waals surface area contributed by atoms with Gasteiger partial charge in [-0.3, -0.25) is 0 Å². The van der Waals surface area contributed by atoms with E-state index in [0.29, 0.717) is 0 Å². The average molecular weight is 298 g/mol. The molecule has 0 bridgehead atoms. The molecule has 0 aliphatic carbocycles. The standard InChI is InChI=1S/C15H26N2O2S/c1-5-20(18,19)12-13(2)16-15(11-17(3)4)14-9-7-6-8-10-14/h6-10,13,15-16H,5,11-12H2,1-4H3. The number of rotatable bonds is 8. The van der Waals surface area contributed by atoms with Crippen molar-refractivity contribution in [1.29, 1.82) is 0 Å². The second-order valence-electron chi connectivity index (χ2n) is 5.49. The lowest BCUT2D eigenvalue weighted by atomic mass is 10.1. The minimum absolute atomic E-state index is 0.0647. The van der Waals surface area contributed by atoms with Crippen molar-refractivity contribution < 1.29 is 8.42 Å². The topological polar surface area (TPSA) is 49.4 Å². The molecule has 4 nitrogen and oxygen atoms in total. The van der Waals surface area contributed by atoms with Gasteiger partial charge >= 0.3 is 0 Å². The van der Waals surface area contributed by atoms with Crippen LogP contribution in [0.25, 0.3) is 0 Å². The zero-order valence-electron chi connectivity index (χ0n) is 12.8. The molecule has 2 unspecified atom stereocenters. The maximum atomic E-state index is 11.7. The molecule has 114 valence electrons. The molecule has 1 aromatic carbocycles. The van der Waals surface area contributed by atoms with Crippen molar-refractivity contribution in [2.45, 2.75) is 25.9 Å². The molecule has 0 saturated heterocycles. The minimum Gasteiger partial charge on any atom is -0.308 e. The summed E-state index contributed by atoms with van der Waals surface area (Å²) < 4.78 is 23.4. The predicted molar refractivity (Wildman–Crippen MR) is 84.7 cm³/mol. The molecule has 0 aliphatic heterocycles. The second kappa shape index (κ2) is 7.76. The van der Waals surface area contributed by atoms with Gasteiger partial charge in [0, 0.05) is 24.4 Å². The van der Waals surface area contributed by atoms with Crippen LogP contribution in [-0.4, -0.2) is 51.5 Å². The largest absolute Gasteiger partial charge is 0.308 e. The third kappa shape index (κ3) is 6.03. The molecule has 1 rings (SSSR count). The van der Waals surface area contributed by atoms with Crippen molar-refractivity contribution >= 4 is 9.84 Å². The first-order valence-corrected chi connectivity index (χ1v) is 8.82. The Hall–Kier alpha value is -0.910. The summed E-state index contributed by atoms with van der Waals surface area (Å²) in [6.07, 6.45) is 0. The lowest BCUT2D eigenvalue weighted by Crippen LogP contribution is -2.40. The molecular formula is C15H26N2O2S. The van der Waals surface area contributed by atoms with Gasteiger partial charge < -0.3 is 10.2 Å². The number of nitrogens with zero attached hydrogens (tertiary/aromatic N) is 1. The van der Waals surface area contributed by atoms with E-state index in [0.717, 1.165) is 6.54 Å². The van der Waals surface area contributed by atoms with E-state index < -0.39 is 9.84 Å². The zero-order chi connectivity index (χ0) is 15.2. The van der Waals surface area contributed by atoms with Gasteiger partial charge in [0.15, 0.2) is 9.84 Å². The quantitative estimate of drug-likeness (QED) is 0.794. The molecule has 0 spiro atoms. The molecule has 5 heteroatoms. The highest BCUT2D eigenvalue weighted by Crippen LogP contribution is 2.14. The summed E-state index contributed by atoms with van der Waals surface area (Å²) in [5.41, 5.74) is 1.18. The lowest BCUT2D eigenvalue weighted by Gasteiger charge is -2.26. The van der Waals surface area contributed by atoms with Crippen LogP contribution in [0.15, 0.2) is 30.3 Å². The first-order chi connectivity index (χ1) is 9.34. The van der Waals surface area contributed by atoms with E-state index in [1.165, 1.54) is 5.56 Å². The number of nitrogens with one attached hydrogen (secondary N) is 1. The fourth-order valence-electron chi connectivity index (χ4n) is 2.20. The molecule has 0 saturated carbocycles. The summed E-state index contributed by atoms with van der Waals surface area (Å²) >= 11 is 0. The number of hydrogen-bond donors (Lipinski definition) is 1. The first kappa shape index (κ1) is 17.1. The van der Waals surface area contributed by atoms with Crippen LogP contribution in [0.2, 0.25) is 0 Å².